The lowest BCUT2D eigenvalue weighted by Crippen LogP contribution is -2.61. The summed E-state index contributed by atoms with van der Waals surface area (Å²) in [4.78, 5) is 39.2. The number of rotatable bonds is 4. The van der Waals surface area contributed by atoms with Crippen LogP contribution in [-0.4, -0.2) is 68.5 Å². The standard InChI is InChI=1S/C22H26N4O3/c1-16-23-15-18(19(24-16)17-7-3-2-4-8-17)20(28)26-12-6-10-22(26)9-5-11-25(13-14-27)21(22)29/h2-4,7-8,15,27H,5-6,9-14H2,1H3. The van der Waals surface area contributed by atoms with Gasteiger partial charge in [-0.2, -0.15) is 0 Å². The normalized spacial score (nSPS) is 21.8. The maximum Gasteiger partial charge on any atom is 0.258 e. The second-order valence-corrected chi connectivity index (χ2v) is 7.76. The lowest BCUT2D eigenvalue weighted by atomic mass is 9.85. The van der Waals surface area contributed by atoms with Crippen LogP contribution in [0.2, 0.25) is 0 Å². The molecule has 0 aliphatic carbocycles. The number of hydrogen-bond donors (Lipinski definition) is 1. The fourth-order valence-corrected chi connectivity index (χ4v) is 4.64. The molecular weight excluding hydrogens is 368 g/mol. The third-order valence-corrected chi connectivity index (χ3v) is 5.99. The number of aliphatic hydroxyl groups is 1. The zero-order valence-electron chi connectivity index (χ0n) is 16.7. The van der Waals surface area contributed by atoms with Crippen LogP contribution in [0.1, 0.15) is 41.9 Å². The second-order valence-electron chi connectivity index (χ2n) is 7.76. The summed E-state index contributed by atoms with van der Waals surface area (Å²) in [6.45, 7) is 3.21. The van der Waals surface area contributed by atoms with Crippen LogP contribution >= 0.6 is 0 Å². The lowest BCUT2D eigenvalue weighted by Gasteiger charge is -2.44. The van der Waals surface area contributed by atoms with E-state index < -0.39 is 5.54 Å². The molecule has 1 aromatic heterocycles. The summed E-state index contributed by atoms with van der Waals surface area (Å²) in [6.07, 6.45) is 4.51. The molecule has 2 fully saturated rings. The van der Waals surface area contributed by atoms with Gasteiger partial charge in [-0.05, 0) is 32.6 Å². The average molecular weight is 394 g/mol. The molecule has 4 rings (SSSR count). The first-order chi connectivity index (χ1) is 14.1. The van der Waals surface area contributed by atoms with Crippen LogP contribution in [0.25, 0.3) is 11.3 Å². The highest BCUT2D eigenvalue weighted by Gasteiger charge is 2.53. The molecule has 152 valence electrons. The molecule has 1 spiro atoms. The van der Waals surface area contributed by atoms with E-state index in [9.17, 15) is 14.7 Å². The molecule has 0 radical (unpaired) electrons. The van der Waals surface area contributed by atoms with Crippen LogP contribution in [0.3, 0.4) is 0 Å². The van der Waals surface area contributed by atoms with E-state index >= 15 is 0 Å². The van der Waals surface area contributed by atoms with Crippen LogP contribution in [0.5, 0.6) is 0 Å². The van der Waals surface area contributed by atoms with Gasteiger partial charge in [0, 0.05) is 31.4 Å². The zero-order valence-corrected chi connectivity index (χ0v) is 16.7. The first kappa shape index (κ1) is 19.5. The van der Waals surface area contributed by atoms with E-state index in [1.54, 1.807) is 22.9 Å². The van der Waals surface area contributed by atoms with Crippen LogP contribution in [0.15, 0.2) is 36.5 Å². The van der Waals surface area contributed by atoms with Gasteiger partial charge in [0.25, 0.3) is 5.91 Å². The number of nitrogens with zero attached hydrogens (tertiary/aromatic N) is 4. The van der Waals surface area contributed by atoms with Gasteiger partial charge in [0.2, 0.25) is 5.91 Å². The Bertz CT molecular complexity index is 916. The maximum absolute atomic E-state index is 13.7. The van der Waals surface area contributed by atoms with Gasteiger partial charge in [0.1, 0.15) is 11.4 Å². The Labute approximate surface area is 170 Å². The molecule has 1 N–H and O–H groups in total. The Kier molecular flexibility index (Phi) is 5.32. The Balaban J connectivity index is 1.72. The summed E-state index contributed by atoms with van der Waals surface area (Å²) in [7, 11) is 0. The van der Waals surface area contributed by atoms with Crippen molar-refractivity contribution in [2.24, 2.45) is 0 Å². The van der Waals surface area contributed by atoms with Gasteiger partial charge in [-0.3, -0.25) is 9.59 Å². The molecule has 29 heavy (non-hydrogen) atoms. The van der Waals surface area contributed by atoms with Crippen molar-refractivity contribution in [3.05, 3.63) is 47.9 Å². The van der Waals surface area contributed by atoms with Crippen molar-refractivity contribution >= 4 is 11.8 Å². The molecule has 2 aliphatic rings. The van der Waals surface area contributed by atoms with Crippen molar-refractivity contribution in [3.8, 4) is 11.3 Å². The van der Waals surface area contributed by atoms with E-state index in [4.69, 9.17) is 0 Å². The van der Waals surface area contributed by atoms with Crippen molar-refractivity contribution in [2.75, 3.05) is 26.2 Å². The summed E-state index contributed by atoms with van der Waals surface area (Å²) >= 11 is 0. The molecule has 2 saturated heterocycles. The Morgan fingerprint density at radius 2 is 1.90 bits per heavy atom. The van der Waals surface area contributed by atoms with Gasteiger partial charge in [-0.1, -0.05) is 30.3 Å². The summed E-state index contributed by atoms with van der Waals surface area (Å²) < 4.78 is 0. The number of benzene rings is 1. The monoisotopic (exact) mass is 394 g/mol. The highest BCUT2D eigenvalue weighted by atomic mass is 16.3. The Morgan fingerprint density at radius 3 is 2.62 bits per heavy atom. The number of aromatic nitrogens is 2. The number of carbonyl (C=O) groups excluding carboxylic acids is 2. The quantitative estimate of drug-likeness (QED) is 0.858. The molecule has 2 aliphatic heterocycles. The van der Waals surface area contributed by atoms with Gasteiger partial charge in [-0.15, -0.1) is 0 Å². The lowest BCUT2D eigenvalue weighted by molar-refractivity contribution is -0.146. The molecule has 3 heterocycles. The molecule has 0 bridgehead atoms. The van der Waals surface area contributed by atoms with Gasteiger partial charge >= 0.3 is 0 Å². The van der Waals surface area contributed by atoms with Gasteiger partial charge in [-0.25, -0.2) is 9.97 Å². The van der Waals surface area contributed by atoms with Crippen molar-refractivity contribution in [2.45, 2.75) is 38.1 Å². The van der Waals surface area contributed by atoms with Crippen molar-refractivity contribution < 1.29 is 14.7 Å². The fraction of sp³-hybridized carbons (Fsp3) is 0.455. The second kappa shape index (κ2) is 7.91. The molecule has 7 nitrogen and oxygen atoms in total. The predicted octanol–water partition coefficient (Wildman–Crippen LogP) is 2.04. The van der Waals surface area contributed by atoms with Gasteiger partial charge < -0.3 is 14.9 Å². The molecule has 1 aromatic carbocycles. The van der Waals surface area contributed by atoms with Crippen LogP contribution in [0, 0.1) is 6.92 Å². The van der Waals surface area contributed by atoms with Gasteiger partial charge in [0.05, 0.1) is 17.9 Å². The summed E-state index contributed by atoms with van der Waals surface area (Å²) in [6, 6.07) is 9.59. The SMILES string of the molecule is Cc1ncc(C(=O)N2CCCC23CCCN(CCO)C3=O)c(-c2ccccc2)n1. The third kappa shape index (κ3) is 3.40. The average Bonchev–Trinajstić information content (AvgIpc) is 3.16. The number of carbonyl (C=O) groups is 2. The van der Waals surface area contributed by atoms with Crippen molar-refractivity contribution in [3.63, 3.8) is 0 Å². The minimum absolute atomic E-state index is 0.0436. The largest absolute Gasteiger partial charge is 0.395 e. The number of β-amino-alcohol motifs (C(OH)–C–C–N with tert-alkyl or cyclic N) is 1. The minimum Gasteiger partial charge on any atom is -0.395 e. The van der Waals surface area contributed by atoms with E-state index in [-0.39, 0.29) is 18.4 Å². The topological polar surface area (TPSA) is 86.6 Å². The van der Waals surface area contributed by atoms with Crippen molar-refractivity contribution in [1.82, 2.24) is 19.8 Å². The maximum atomic E-state index is 13.7. The van der Waals surface area contributed by atoms with E-state index in [0.29, 0.717) is 49.6 Å². The molecular formula is C22H26N4O3. The summed E-state index contributed by atoms with van der Waals surface area (Å²) in [5.41, 5.74) is 1.06. The van der Waals surface area contributed by atoms with E-state index in [1.165, 1.54) is 0 Å². The zero-order chi connectivity index (χ0) is 20.4. The van der Waals surface area contributed by atoms with E-state index in [0.717, 1.165) is 18.4 Å². The van der Waals surface area contributed by atoms with Crippen molar-refractivity contribution in [1.29, 1.82) is 0 Å². The Morgan fingerprint density at radius 1 is 1.17 bits per heavy atom. The Hall–Kier alpha value is -2.80. The minimum atomic E-state index is -0.816. The van der Waals surface area contributed by atoms with E-state index in [1.807, 2.05) is 30.3 Å². The number of aryl methyl sites for hydroxylation is 1. The number of amides is 2. The third-order valence-electron chi connectivity index (χ3n) is 5.99. The highest BCUT2D eigenvalue weighted by Crippen LogP contribution is 2.39. The first-order valence-electron chi connectivity index (χ1n) is 10.2. The number of piperidine rings is 1. The number of likely N-dealkylation sites (tertiary alicyclic amines) is 2. The van der Waals surface area contributed by atoms with Gasteiger partial charge in [0.15, 0.2) is 0 Å². The molecule has 0 saturated carbocycles. The van der Waals surface area contributed by atoms with E-state index in [2.05, 4.69) is 9.97 Å². The first-order valence-corrected chi connectivity index (χ1v) is 10.2. The summed E-state index contributed by atoms with van der Waals surface area (Å²) in [5, 5.41) is 9.32. The molecule has 1 unspecified atom stereocenters. The summed E-state index contributed by atoms with van der Waals surface area (Å²) in [5.74, 6) is 0.359. The van der Waals surface area contributed by atoms with Crippen LogP contribution in [0.4, 0.5) is 0 Å². The smallest absolute Gasteiger partial charge is 0.258 e. The number of hydrogen-bond acceptors (Lipinski definition) is 5. The highest BCUT2D eigenvalue weighted by molar-refractivity contribution is 6.03. The molecule has 2 aromatic rings. The predicted molar refractivity (Wildman–Crippen MR) is 108 cm³/mol. The van der Waals surface area contributed by atoms with Crippen LogP contribution in [-0.2, 0) is 4.79 Å². The fourth-order valence-electron chi connectivity index (χ4n) is 4.64. The number of aliphatic hydroxyl groups excluding tert-OH is 1. The molecule has 2 amide bonds. The molecule has 1 atom stereocenters. The molecule has 7 heteroatoms. The van der Waals surface area contributed by atoms with Crippen LogP contribution < -0.4 is 0 Å².